The van der Waals surface area contributed by atoms with E-state index in [-0.39, 0.29) is 17.2 Å². The van der Waals surface area contributed by atoms with Crippen LogP contribution in [0.1, 0.15) is 18.0 Å². The average Bonchev–Trinajstić information content (AvgIpc) is 3.13. The first-order valence-electron chi connectivity index (χ1n) is 8.49. The van der Waals surface area contributed by atoms with Gasteiger partial charge in [0.05, 0.1) is 5.69 Å². The van der Waals surface area contributed by atoms with Gasteiger partial charge in [0.2, 0.25) is 5.91 Å². The van der Waals surface area contributed by atoms with E-state index in [9.17, 15) is 9.59 Å². The average molecular weight is 405 g/mol. The standard InChI is InChI=1S/C19H21ClN4O2S/c1-24(2)19(26)27-17-9-4-3-8-14(17)21-18(25)16-11-15(22-23-16)12-6-5-7-13(20)10-12/h3-10,15-16,22-23H,11H2,1-2H3,(H,21,25). The third-order valence-electron chi connectivity index (χ3n) is 4.18. The molecule has 1 aliphatic rings. The van der Waals surface area contributed by atoms with Gasteiger partial charge in [0.15, 0.2) is 0 Å². The Balaban J connectivity index is 1.65. The van der Waals surface area contributed by atoms with Crippen LogP contribution in [0.5, 0.6) is 0 Å². The molecule has 2 aromatic rings. The van der Waals surface area contributed by atoms with E-state index in [1.807, 2.05) is 42.5 Å². The molecule has 8 heteroatoms. The minimum atomic E-state index is -0.392. The van der Waals surface area contributed by atoms with Crippen LogP contribution in [0, 0.1) is 0 Å². The highest BCUT2D eigenvalue weighted by Crippen LogP contribution is 2.30. The first kappa shape index (κ1) is 19.7. The van der Waals surface area contributed by atoms with Crippen molar-refractivity contribution in [2.24, 2.45) is 0 Å². The minimum absolute atomic E-state index is 0.000567. The molecule has 3 rings (SSSR count). The van der Waals surface area contributed by atoms with Crippen LogP contribution in [0.25, 0.3) is 0 Å². The molecular weight excluding hydrogens is 384 g/mol. The fourth-order valence-corrected chi connectivity index (χ4v) is 3.68. The van der Waals surface area contributed by atoms with Crippen molar-refractivity contribution in [2.75, 3.05) is 19.4 Å². The number of rotatable bonds is 4. The van der Waals surface area contributed by atoms with E-state index in [1.165, 1.54) is 4.90 Å². The Bertz CT molecular complexity index is 846. The normalized spacial score (nSPS) is 18.9. The number of nitrogens with zero attached hydrogens (tertiary/aromatic N) is 1. The van der Waals surface area contributed by atoms with Gasteiger partial charge < -0.3 is 10.2 Å². The first-order chi connectivity index (χ1) is 12.9. The van der Waals surface area contributed by atoms with Gasteiger partial charge in [-0.15, -0.1) is 0 Å². The second-order valence-corrected chi connectivity index (χ2v) is 7.86. The van der Waals surface area contributed by atoms with Gasteiger partial charge in [0, 0.05) is 30.1 Å². The Morgan fingerprint density at radius 3 is 2.67 bits per heavy atom. The van der Waals surface area contributed by atoms with Gasteiger partial charge in [0.25, 0.3) is 5.24 Å². The number of para-hydroxylation sites is 1. The van der Waals surface area contributed by atoms with Crippen molar-refractivity contribution in [3.8, 4) is 0 Å². The van der Waals surface area contributed by atoms with Crippen LogP contribution in [-0.2, 0) is 4.79 Å². The maximum absolute atomic E-state index is 12.7. The zero-order valence-corrected chi connectivity index (χ0v) is 16.6. The molecular formula is C19H21ClN4O2S. The lowest BCUT2D eigenvalue weighted by molar-refractivity contribution is -0.117. The molecule has 27 heavy (non-hydrogen) atoms. The molecule has 2 atom stereocenters. The Hall–Kier alpha value is -2.06. The molecule has 6 nitrogen and oxygen atoms in total. The van der Waals surface area contributed by atoms with E-state index in [4.69, 9.17) is 11.6 Å². The summed E-state index contributed by atoms with van der Waals surface area (Å²) >= 11 is 7.13. The van der Waals surface area contributed by atoms with E-state index in [0.29, 0.717) is 22.0 Å². The molecule has 1 aliphatic heterocycles. The van der Waals surface area contributed by atoms with Gasteiger partial charge in [-0.2, -0.15) is 0 Å². The Morgan fingerprint density at radius 1 is 1.15 bits per heavy atom. The predicted octanol–water partition coefficient (Wildman–Crippen LogP) is 3.66. The Labute approximate surface area is 167 Å². The fourth-order valence-electron chi connectivity index (χ4n) is 2.73. The molecule has 3 N–H and O–H groups in total. The van der Waals surface area contributed by atoms with Crippen LogP contribution < -0.4 is 16.2 Å². The molecule has 142 valence electrons. The van der Waals surface area contributed by atoms with Crippen LogP contribution in [0.2, 0.25) is 5.02 Å². The predicted molar refractivity (Wildman–Crippen MR) is 109 cm³/mol. The number of thioether (sulfide) groups is 1. The van der Waals surface area contributed by atoms with Crippen molar-refractivity contribution in [2.45, 2.75) is 23.4 Å². The molecule has 0 radical (unpaired) electrons. The fraction of sp³-hybridized carbons (Fsp3) is 0.263. The zero-order valence-electron chi connectivity index (χ0n) is 15.0. The molecule has 0 saturated carbocycles. The summed E-state index contributed by atoms with van der Waals surface area (Å²) in [6, 6.07) is 14.5. The number of halogens is 1. The van der Waals surface area contributed by atoms with E-state index >= 15 is 0 Å². The summed E-state index contributed by atoms with van der Waals surface area (Å²) in [6.07, 6.45) is 0.595. The summed E-state index contributed by atoms with van der Waals surface area (Å²) in [7, 11) is 3.39. The molecule has 0 aliphatic carbocycles. The van der Waals surface area contributed by atoms with Crippen molar-refractivity contribution in [1.29, 1.82) is 0 Å². The maximum atomic E-state index is 12.7. The van der Waals surface area contributed by atoms with Crippen LogP contribution in [0.4, 0.5) is 10.5 Å². The molecule has 2 unspecified atom stereocenters. The second kappa shape index (κ2) is 8.75. The Kier molecular flexibility index (Phi) is 6.38. The van der Waals surface area contributed by atoms with E-state index in [1.54, 1.807) is 20.2 Å². The summed E-state index contributed by atoms with van der Waals surface area (Å²) in [5, 5.41) is 3.49. The van der Waals surface area contributed by atoms with E-state index in [2.05, 4.69) is 16.2 Å². The molecule has 2 amide bonds. The zero-order chi connectivity index (χ0) is 19.4. The number of nitrogens with one attached hydrogen (secondary N) is 3. The number of carbonyl (C=O) groups excluding carboxylic acids is 2. The largest absolute Gasteiger partial charge is 0.339 e. The molecule has 1 fully saturated rings. The lowest BCUT2D eigenvalue weighted by atomic mass is 10.0. The molecule has 1 heterocycles. The minimum Gasteiger partial charge on any atom is -0.339 e. The molecule has 1 saturated heterocycles. The lowest BCUT2D eigenvalue weighted by Gasteiger charge is -2.15. The van der Waals surface area contributed by atoms with E-state index < -0.39 is 6.04 Å². The second-order valence-electron chi connectivity index (χ2n) is 6.43. The number of hydrazine groups is 1. The summed E-state index contributed by atoms with van der Waals surface area (Å²) in [5.41, 5.74) is 7.83. The summed E-state index contributed by atoms with van der Waals surface area (Å²) in [6.45, 7) is 0. The number of benzene rings is 2. The molecule has 0 spiro atoms. The van der Waals surface area contributed by atoms with Gasteiger partial charge in [-0.25, -0.2) is 10.9 Å². The van der Waals surface area contributed by atoms with Crippen molar-refractivity contribution < 1.29 is 9.59 Å². The molecule has 2 aromatic carbocycles. The highest BCUT2D eigenvalue weighted by molar-refractivity contribution is 8.13. The molecule has 0 bridgehead atoms. The first-order valence-corrected chi connectivity index (χ1v) is 9.69. The van der Waals surface area contributed by atoms with Gasteiger partial charge in [-0.05, 0) is 48.0 Å². The maximum Gasteiger partial charge on any atom is 0.286 e. The van der Waals surface area contributed by atoms with Crippen LogP contribution in [0.3, 0.4) is 0 Å². The van der Waals surface area contributed by atoms with Crippen molar-refractivity contribution in [1.82, 2.24) is 15.8 Å². The smallest absolute Gasteiger partial charge is 0.286 e. The van der Waals surface area contributed by atoms with Gasteiger partial charge in [-0.3, -0.25) is 9.59 Å². The van der Waals surface area contributed by atoms with Crippen LogP contribution in [-0.4, -0.2) is 36.2 Å². The van der Waals surface area contributed by atoms with Gasteiger partial charge >= 0.3 is 0 Å². The number of hydrogen-bond donors (Lipinski definition) is 3. The third kappa shape index (κ3) is 5.01. The lowest BCUT2D eigenvalue weighted by Crippen LogP contribution is -2.39. The number of amides is 2. The number of hydrogen-bond acceptors (Lipinski definition) is 5. The van der Waals surface area contributed by atoms with Gasteiger partial charge in [0.1, 0.15) is 6.04 Å². The van der Waals surface area contributed by atoms with Gasteiger partial charge in [-0.1, -0.05) is 35.9 Å². The molecule has 0 aromatic heterocycles. The summed E-state index contributed by atoms with van der Waals surface area (Å²) in [4.78, 5) is 26.9. The highest BCUT2D eigenvalue weighted by atomic mass is 35.5. The van der Waals surface area contributed by atoms with Crippen LogP contribution >= 0.6 is 23.4 Å². The highest BCUT2D eigenvalue weighted by Gasteiger charge is 2.30. The monoisotopic (exact) mass is 404 g/mol. The third-order valence-corrected chi connectivity index (χ3v) is 5.53. The van der Waals surface area contributed by atoms with Crippen molar-refractivity contribution in [3.63, 3.8) is 0 Å². The number of carbonyl (C=O) groups is 2. The van der Waals surface area contributed by atoms with Crippen molar-refractivity contribution in [3.05, 3.63) is 59.1 Å². The quantitative estimate of drug-likeness (QED) is 0.678. The summed E-state index contributed by atoms with van der Waals surface area (Å²) < 4.78 is 0. The topological polar surface area (TPSA) is 73.5 Å². The summed E-state index contributed by atoms with van der Waals surface area (Å²) in [5.74, 6) is -0.155. The van der Waals surface area contributed by atoms with E-state index in [0.717, 1.165) is 17.3 Å². The Morgan fingerprint density at radius 2 is 1.93 bits per heavy atom. The number of anilines is 1. The van der Waals surface area contributed by atoms with Crippen molar-refractivity contribution >= 4 is 40.2 Å². The SMILES string of the molecule is CN(C)C(=O)Sc1ccccc1NC(=O)C1CC(c2cccc(Cl)c2)NN1. The van der Waals surface area contributed by atoms with Crippen LogP contribution in [0.15, 0.2) is 53.4 Å².